The zero-order valence-corrected chi connectivity index (χ0v) is 53.4. The summed E-state index contributed by atoms with van der Waals surface area (Å²) in [6, 6.07) is -0.801. The molecule has 7 atom stereocenters. The molecule has 0 bridgehead atoms. The Hall–Kier alpha value is -1.07. The van der Waals surface area contributed by atoms with E-state index < -0.39 is 49.5 Å². The lowest BCUT2D eigenvalue weighted by Crippen LogP contribution is -2.60. The molecule has 0 spiro atoms. The number of nitrogens with one attached hydrogen (secondary N) is 1. The van der Waals surface area contributed by atoms with E-state index in [4.69, 9.17) is 9.47 Å². The van der Waals surface area contributed by atoms with E-state index in [0.717, 1.165) is 38.5 Å². The molecular formula is C71H139NO8. The second-order valence-electron chi connectivity index (χ2n) is 25.4. The van der Waals surface area contributed by atoms with Gasteiger partial charge in [-0.15, -0.1) is 0 Å². The van der Waals surface area contributed by atoms with E-state index in [1.165, 1.54) is 321 Å². The number of allylic oxidation sites excluding steroid dienone is 1. The van der Waals surface area contributed by atoms with E-state index >= 15 is 0 Å². The van der Waals surface area contributed by atoms with E-state index in [1.54, 1.807) is 6.08 Å². The van der Waals surface area contributed by atoms with Crippen molar-refractivity contribution in [3.8, 4) is 0 Å². The summed E-state index contributed by atoms with van der Waals surface area (Å²) in [6.07, 6.45) is 72.0. The number of ether oxygens (including phenoxy) is 2. The van der Waals surface area contributed by atoms with E-state index in [-0.39, 0.29) is 12.5 Å². The van der Waals surface area contributed by atoms with Crippen LogP contribution < -0.4 is 5.32 Å². The van der Waals surface area contributed by atoms with Crippen LogP contribution in [0.2, 0.25) is 0 Å². The van der Waals surface area contributed by atoms with E-state index in [1.807, 2.05) is 6.08 Å². The zero-order chi connectivity index (χ0) is 57.9. The molecule has 7 unspecified atom stereocenters. The molecule has 1 aliphatic rings. The first-order valence-electron chi connectivity index (χ1n) is 35.9. The summed E-state index contributed by atoms with van der Waals surface area (Å²) >= 11 is 0. The highest BCUT2D eigenvalue weighted by molar-refractivity contribution is 5.76. The number of amides is 1. The molecule has 0 saturated carbocycles. The number of hydrogen-bond acceptors (Lipinski definition) is 8. The molecule has 9 heteroatoms. The highest BCUT2D eigenvalue weighted by atomic mass is 16.7. The van der Waals surface area contributed by atoms with Crippen molar-refractivity contribution in [2.45, 2.75) is 423 Å². The van der Waals surface area contributed by atoms with Crippen molar-refractivity contribution in [2.24, 2.45) is 0 Å². The molecule has 9 nitrogen and oxygen atoms in total. The van der Waals surface area contributed by atoms with Gasteiger partial charge in [-0.25, -0.2) is 0 Å². The molecule has 0 aromatic heterocycles. The van der Waals surface area contributed by atoms with E-state index in [9.17, 15) is 30.3 Å². The maximum Gasteiger partial charge on any atom is 0.220 e. The minimum atomic E-state index is -1.56. The van der Waals surface area contributed by atoms with Crippen molar-refractivity contribution < 1.29 is 39.8 Å². The van der Waals surface area contributed by atoms with Gasteiger partial charge in [-0.3, -0.25) is 4.79 Å². The van der Waals surface area contributed by atoms with Gasteiger partial charge in [0.2, 0.25) is 5.91 Å². The maximum absolute atomic E-state index is 13.1. The van der Waals surface area contributed by atoms with Crippen LogP contribution in [0.15, 0.2) is 12.2 Å². The zero-order valence-electron chi connectivity index (χ0n) is 53.4. The lowest BCUT2D eigenvalue weighted by molar-refractivity contribution is -0.302. The molecule has 1 fully saturated rings. The molecule has 1 heterocycles. The first-order chi connectivity index (χ1) is 39.3. The van der Waals surface area contributed by atoms with Crippen LogP contribution in [-0.2, 0) is 14.3 Å². The van der Waals surface area contributed by atoms with Crippen LogP contribution >= 0.6 is 0 Å². The van der Waals surface area contributed by atoms with Crippen molar-refractivity contribution in [3.05, 3.63) is 12.2 Å². The highest BCUT2D eigenvalue weighted by Crippen LogP contribution is 2.24. The number of aliphatic hydroxyl groups excluding tert-OH is 5. The minimum absolute atomic E-state index is 0.167. The molecule has 0 radical (unpaired) electrons. The van der Waals surface area contributed by atoms with Crippen LogP contribution in [-0.4, -0.2) is 87.5 Å². The van der Waals surface area contributed by atoms with Crippen LogP contribution in [0.1, 0.15) is 380 Å². The lowest BCUT2D eigenvalue weighted by Gasteiger charge is -2.40. The Balaban J connectivity index is 2.04. The lowest BCUT2D eigenvalue weighted by atomic mass is 9.99. The number of unbranched alkanes of at least 4 members (excludes halogenated alkanes) is 54. The normalized spacial score (nSPS) is 18.4. The average molecular weight is 1130 g/mol. The second kappa shape index (κ2) is 61.0. The first-order valence-corrected chi connectivity index (χ1v) is 35.9. The van der Waals surface area contributed by atoms with Gasteiger partial charge in [-0.2, -0.15) is 0 Å². The number of carbonyl (C=O) groups is 1. The highest BCUT2D eigenvalue weighted by Gasteiger charge is 2.44. The van der Waals surface area contributed by atoms with Gasteiger partial charge in [0.1, 0.15) is 24.4 Å². The topological polar surface area (TPSA) is 149 Å². The summed E-state index contributed by atoms with van der Waals surface area (Å²) in [5, 5.41) is 54.7. The molecule has 0 aromatic rings. The Morgan fingerprint density at radius 1 is 0.412 bits per heavy atom. The Bertz CT molecular complexity index is 1270. The van der Waals surface area contributed by atoms with Gasteiger partial charge in [-0.05, 0) is 19.3 Å². The fourth-order valence-corrected chi connectivity index (χ4v) is 12.0. The number of aliphatic hydroxyl groups is 5. The standard InChI is InChI=1S/C71H139NO8/c1-3-5-7-9-11-13-15-17-19-21-23-24-25-26-27-28-29-30-31-32-33-34-35-36-37-38-39-40-41-43-45-47-49-51-53-55-57-59-61-67(75)72-64(63-79-71-70(78)69(77)68(76)66(62-73)80-71)65(74)60-58-56-54-52-50-48-46-44-42-22-20-18-16-14-12-10-8-6-4-2/h58,60,64-66,68-71,73-74,76-78H,3-57,59,61-63H2,1-2H3,(H,72,75)/b60-58+. The third-order valence-corrected chi connectivity index (χ3v) is 17.6. The quantitative estimate of drug-likeness (QED) is 0.0261. The molecule has 1 amide bonds. The predicted molar refractivity (Wildman–Crippen MR) is 341 cm³/mol. The van der Waals surface area contributed by atoms with Crippen molar-refractivity contribution in [2.75, 3.05) is 13.2 Å². The van der Waals surface area contributed by atoms with Gasteiger partial charge in [-0.1, -0.05) is 366 Å². The Kier molecular flexibility index (Phi) is 58.7. The molecule has 0 aliphatic carbocycles. The van der Waals surface area contributed by atoms with Crippen molar-refractivity contribution in [1.29, 1.82) is 0 Å². The fraction of sp³-hybridized carbons (Fsp3) is 0.958. The third-order valence-electron chi connectivity index (χ3n) is 17.6. The van der Waals surface area contributed by atoms with Crippen molar-refractivity contribution >= 4 is 5.91 Å². The van der Waals surface area contributed by atoms with Gasteiger partial charge in [0.15, 0.2) is 6.29 Å². The van der Waals surface area contributed by atoms with Gasteiger partial charge in [0.05, 0.1) is 25.4 Å². The van der Waals surface area contributed by atoms with E-state index in [0.29, 0.717) is 6.42 Å². The second-order valence-corrected chi connectivity index (χ2v) is 25.4. The van der Waals surface area contributed by atoms with Crippen LogP contribution in [0, 0.1) is 0 Å². The summed E-state index contributed by atoms with van der Waals surface area (Å²) in [4.78, 5) is 13.1. The summed E-state index contributed by atoms with van der Waals surface area (Å²) < 4.78 is 11.3. The molecule has 1 saturated heterocycles. The Labute approximate surface area is 496 Å². The summed E-state index contributed by atoms with van der Waals surface area (Å²) in [5.74, 6) is -0.167. The molecule has 6 N–H and O–H groups in total. The minimum Gasteiger partial charge on any atom is -0.394 e. The smallest absolute Gasteiger partial charge is 0.220 e. The average Bonchev–Trinajstić information content (AvgIpc) is 3.49. The first kappa shape index (κ1) is 76.9. The number of carbonyl (C=O) groups excluding carboxylic acids is 1. The monoisotopic (exact) mass is 1130 g/mol. The molecular weight excluding hydrogens is 995 g/mol. The Morgan fingerprint density at radius 3 is 0.975 bits per heavy atom. The van der Waals surface area contributed by atoms with Crippen LogP contribution in [0.25, 0.3) is 0 Å². The third kappa shape index (κ3) is 49.2. The van der Waals surface area contributed by atoms with Gasteiger partial charge < -0.3 is 40.3 Å². The van der Waals surface area contributed by atoms with Gasteiger partial charge in [0, 0.05) is 6.42 Å². The van der Waals surface area contributed by atoms with Gasteiger partial charge >= 0.3 is 0 Å². The van der Waals surface area contributed by atoms with Crippen LogP contribution in [0.5, 0.6) is 0 Å². The Morgan fingerprint density at radius 2 is 0.688 bits per heavy atom. The number of rotatable bonds is 64. The molecule has 1 rings (SSSR count). The molecule has 0 aromatic carbocycles. The van der Waals surface area contributed by atoms with E-state index in [2.05, 4.69) is 19.2 Å². The molecule has 1 aliphatic heterocycles. The van der Waals surface area contributed by atoms with Crippen LogP contribution in [0.3, 0.4) is 0 Å². The predicted octanol–water partition coefficient (Wildman–Crippen LogP) is 19.5. The largest absolute Gasteiger partial charge is 0.394 e. The van der Waals surface area contributed by atoms with Crippen molar-refractivity contribution in [3.63, 3.8) is 0 Å². The number of hydrogen-bond donors (Lipinski definition) is 6. The van der Waals surface area contributed by atoms with Gasteiger partial charge in [0.25, 0.3) is 0 Å². The maximum atomic E-state index is 13.1. The molecule has 80 heavy (non-hydrogen) atoms. The summed E-state index contributed by atoms with van der Waals surface area (Å²) in [5.41, 5.74) is 0. The van der Waals surface area contributed by atoms with Crippen molar-refractivity contribution in [1.82, 2.24) is 5.32 Å². The molecule has 476 valence electrons. The SMILES string of the molecule is CCCCCCCCCCCCCCCCCCC/C=C/C(O)C(COC1OC(CO)C(O)C(O)C1O)NC(=O)CCCCCCCCCCCCCCCCCCCCCCCCCCCCCCCCCCCCCCCC. The fourth-order valence-electron chi connectivity index (χ4n) is 12.0. The van der Waals surface area contributed by atoms with Crippen LogP contribution in [0.4, 0.5) is 0 Å². The summed E-state index contributed by atoms with van der Waals surface area (Å²) in [7, 11) is 0. The summed E-state index contributed by atoms with van der Waals surface area (Å²) in [6.45, 7) is 3.84.